The molecular weight excluding hydrogens is 442 g/mol. The Kier molecular flexibility index (Phi) is 8.04. The van der Waals surface area contributed by atoms with Crippen LogP contribution in [-0.4, -0.2) is 23.5 Å². The van der Waals surface area contributed by atoms with Gasteiger partial charge >= 0.3 is 6.09 Å². The zero-order valence-corrected chi connectivity index (χ0v) is 20.2. The van der Waals surface area contributed by atoms with Crippen molar-refractivity contribution in [2.75, 3.05) is 16.0 Å². The van der Waals surface area contributed by atoms with Gasteiger partial charge in [-0.3, -0.25) is 14.9 Å². The van der Waals surface area contributed by atoms with Crippen LogP contribution in [-0.2, 0) is 9.53 Å². The van der Waals surface area contributed by atoms with Crippen molar-refractivity contribution in [1.29, 1.82) is 0 Å². The van der Waals surface area contributed by atoms with Crippen molar-refractivity contribution in [3.63, 3.8) is 0 Å². The van der Waals surface area contributed by atoms with Crippen molar-refractivity contribution in [2.24, 2.45) is 0 Å². The van der Waals surface area contributed by atoms with E-state index in [0.717, 1.165) is 11.1 Å². The maximum absolute atomic E-state index is 12.9. The van der Waals surface area contributed by atoms with Gasteiger partial charge in [-0.25, -0.2) is 4.79 Å². The Morgan fingerprint density at radius 2 is 1.40 bits per heavy atom. The van der Waals surface area contributed by atoms with E-state index in [4.69, 9.17) is 4.74 Å². The summed E-state index contributed by atoms with van der Waals surface area (Å²) in [4.78, 5) is 36.5. The van der Waals surface area contributed by atoms with Gasteiger partial charge in [0.2, 0.25) is 5.91 Å². The minimum absolute atomic E-state index is 0.194. The van der Waals surface area contributed by atoms with E-state index < -0.39 is 11.7 Å². The van der Waals surface area contributed by atoms with Gasteiger partial charge in [0.25, 0.3) is 5.91 Å². The van der Waals surface area contributed by atoms with Gasteiger partial charge in [-0.15, -0.1) is 0 Å². The second-order valence-electron chi connectivity index (χ2n) is 8.89. The first-order valence-electron chi connectivity index (χ1n) is 11.2. The number of carbonyl (C=O) groups is 3. The zero-order valence-electron chi connectivity index (χ0n) is 20.2. The first-order valence-corrected chi connectivity index (χ1v) is 11.2. The molecule has 0 aromatic heterocycles. The smallest absolute Gasteiger partial charge is 0.412 e. The molecule has 0 aliphatic heterocycles. The molecule has 180 valence electrons. The monoisotopic (exact) mass is 471 g/mol. The van der Waals surface area contributed by atoms with Crippen LogP contribution in [0.2, 0.25) is 0 Å². The van der Waals surface area contributed by atoms with Crippen LogP contribution in [0.3, 0.4) is 0 Å². The Morgan fingerprint density at radius 3 is 2.03 bits per heavy atom. The highest BCUT2D eigenvalue weighted by molar-refractivity contribution is 6.07. The van der Waals surface area contributed by atoms with Crippen LogP contribution < -0.4 is 16.0 Å². The molecule has 0 bridgehead atoms. The Balaban J connectivity index is 1.85. The summed E-state index contributed by atoms with van der Waals surface area (Å²) in [5.74, 6) is -0.559. The van der Waals surface area contributed by atoms with E-state index in [1.165, 1.54) is 6.92 Å². The van der Waals surface area contributed by atoms with E-state index in [0.29, 0.717) is 22.6 Å². The van der Waals surface area contributed by atoms with Gasteiger partial charge in [0.05, 0.1) is 11.4 Å². The van der Waals surface area contributed by atoms with E-state index in [1.807, 2.05) is 48.6 Å². The van der Waals surface area contributed by atoms with Gasteiger partial charge in [-0.05, 0) is 68.3 Å². The number of anilines is 3. The average Bonchev–Trinajstić information content (AvgIpc) is 2.78. The van der Waals surface area contributed by atoms with Crippen molar-refractivity contribution < 1.29 is 19.1 Å². The van der Waals surface area contributed by atoms with Gasteiger partial charge in [0, 0.05) is 18.2 Å². The molecule has 7 nitrogen and oxygen atoms in total. The summed E-state index contributed by atoms with van der Waals surface area (Å²) in [5.41, 5.74) is 3.01. The molecule has 3 aromatic carbocycles. The maximum Gasteiger partial charge on any atom is 0.412 e. The molecule has 7 heteroatoms. The summed E-state index contributed by atoms with van der Waals surface area (Å²) < 4.78 is 5.36. The molecule has 0 heterocycles. The fraction of sp³-hybridized carbons (Fsp3) is 0.179. The Hall–Kier alpha value is -4.39. The number of hydrogen-bond acceptors (Lipinski definition) is 4. The lowest BCUT2D eigenvalue weighted by Crippen LogP contribution is -2.27. The highest BCUT2D eigenvalue weighted by Gasteiger charge is 2.18. The standard InChI is InChI=1S/C28H29N3O4/c1-19(32)29-23-15-13-22(14-16-23)26(33)30-25-18-21(11-10-20-8-6-5-7-9-20)12-17-24(25)31-27(34)35-28(2,3)4/h5-18H,1-4H3,(H,29,32)(H,30,33)(H,31,34)/b11-10+. The number of ether oxygens (including phenoxy) is 1. The number of hydrogen-bond donors (Lipinski definition) is 3. The van der Waals surface area contributed by atoms with Crippen LogP contribution in [0.5, 0.6) is 0 Å². The van der Waals surface area contributed by atoms with Gasteiger partial charge in [-0.2, -0.15) is 0 Å². The third kappa shape index (κ3) is 8.16. The van der Waals surface area contributed by atoms with Crippen LogP contribution in [0.4, 0.5) is 21.9 Å². The molecule has 3 rings (SSSR count). The molecule has 3 N–H and O–H groups in total. The third-order valence-electron chi connectivity index (χ3n) is 4.66. The molecule has 0 aliphatic carbocycles. The quantitative estimate of drug-likeness (QED) is 0.362. The summed E-state index contributed by atoms with van der Waals surface area (Å²) in [6.45, 7) is 6.74. The Labute approximate surface area is 205 Å². The first kappa shape index (κ1) is 25.2. The zero-order chi connectivity index (χ0) is 25.4. The molecule has 0 radical (unpaired) electrons. The summed E-state index contributed by atoms with van der Waals surface area (Å²) in [6.07, 6.45) is 3.26. The van der Waals surface area contributed by atoms with E-state index >= 15 is 0 Å². The molecule has 0 atom stereocenters. The summed E-state index contributed by atoms with van der Waals surface area (Å²) in [7, 11) is 0. The molecule has 3 amide bonds. The van der Waals surface area contributed by atoms with Crippen molar-refractivity contribution in [1.82, 2.24) is 0 Å². The number of amides is 3. The van der Waals surface area contributed by atoms with Crippen LogP contribution in [0.1, 0.15) is 49.2 Å². The maximum atomic E-state index is 12.9. The Morgan fingerprint density at radius 1 is 0.743 bits per heavy atom. The van der Waals surface area contributed by atoms with E-state index in [9.17, 15) is 14.4 Å². The van der Waals surface area contributed by atoms with Crippen molar-refractivity contribution >= 4 is 47.1 Å². The SMILES string of the molecule is CC(=O)Nc1ccc(C(=O)Nc2cc(/C=C/c3ccccc3)ccc2NC(=O)OC(C)(C)C)cc1. The number of carbonyl (C=O) groups excluding carboxylic acids is 3. The van der Waals surface area contributed by atoms with E-state index in [2.05, 4.69) is 16.0 Å². The molecule has 3 aromatic rings. The second kappa shape index (κ2) is 11.2. The summed E-state index contributed by atoms with van der Waals surface area (Å²) in [6, 6.07) is 21.7. The molecule has 0 unspecified atom stereocenters. The first-order chi connectivity index (χ1) is 16.6. The van der Waals surface area contributed by atoms with Gasteiger partial charge in [-0.1, -0.05) is 48.6 Å². The van der Waals surface area contributed by atoms with Gasteiger partial charge in [0.15, 0.2) is 0 Å². The lowest BCUT2D eigenvalue weighted by molar-refractivity contribution is -0.114. The molecule has 0 spiro atoms. The topological polar surface area (TPSA) is 96.5 Å². The Bertz CT molecular complexity index is 1230. The summed E-state index contributed by atoms with van der Waals surface area (Å²) >= 11 is 0. The minimum atomic E-state index is -0.665. The molecule has 0 fully saturated rings. The van der Waals surface area contributed by atoms with Crippen molar-refractivity contribution in [3.05, 3.63) is 89.5 Å². The predicted molar refractivity (Wildman–Crippen MR) is 140 cm³/mol. The van der Waals surface area contributed by atoms with E-state index in [-0.39, 0.29) is 11.8 Å². The van der Waals surface area contributed by atoms with Gasteiger partial charge < -0.3 is 15.4 Å². The van der Waals surface area contributed by atoms with Crippen LogP contribution >= 0.6 is 0 Å². The predicted octanol–water partition coefficient (Wildman–Crippen LogP) is 6.41. The highest BCUT2D eigenvalue weighted by atomic mass is 16.6. The van der Waals surface area contributed by atoms with Crippen molar-refractivity contribution in [3.8, 4) is 0 Å². The van der Waals surface area contributed by atoms with Crippen LogP contribution in [0.15, 0.2) is 72.8 Å². The van der Waals surface area contributed by atoms with Crippen LogP contribution in [0, 0.1) is 0 Å². The normalized spacial score (nSPS) is 11.1. The number of rotatable bonds is 6. The minimum Gasteiger partial charge on any atom is -0.444 e. The molecule has 35 heavy (non-hydrogen) atoms. The molecule has 0 aliphatic rings. The summed E-state index contributed by atoms with van der Waals surface area (Å²) in [5, 5.41) is 8.24. The molecule has 0 saturated heterocycles. The lowest BCUT2D eigenvalue weighted by atomic mass is 10.1. The van der Waals surface area contributed by atoms with Crippen LogP contribution in [0.25, 0.3) is 12.2 Å². The van der Waals surface area contributed by atoms with Gasteiger partial charge in [0.1, 0.15) is 5.60 Å². The van der Waals surface area contributed by atoms with E-state index in [1.54, 1.807) is 57.2 Å². The third-order valence-corrected chi connectivity index (χ3v) is 4.66. The molecule has 0 saturated carbocycles. The largest absolute Gasteiger partial charge is 0.444 e. The van der Waals surface area contributed by atoms with Crippen molar-refractivity contribution in [2.45, 2.75) is 33.3 Å². The fourth-order valence-electron chi connectivity index (χ4n) is 3.15. The fourth-order valence-corrected chi connectivity index (χ4v) is 3.15. The number of benzene rings is 3. The highest BCUT2D eigenvalue weighted by Crippen LogP contribution is 2.26. The second-order valence-corrected chi connectivity index (χ2v) is 8.89. The molecular formula is C28H29N3O4. The average molecular weight is 472 g/mol. The number of nitrogens with one attached hydrogen (secondary N) is 3. The lowest BCUT2D eigenvalue weighted by Gasteiger charge is -2.20.